The minimum Gasteiger partial charge on any atom is -0.352 e. The van der Waals surface area contributed by atoms with E-state index < -0.39 is 0 Å². The van der Waals surface area contributed by atoms with E-state index in [0.29, 0.717) is 23.7 Å². The molecule has 0 radical (unpaired) electrons. The van der Waals surface area contributed by atoms with Crippen molar-refractivity contribution in [2.45, 2.75) is 32.2 Å². The Hall–Kier alpha value is -2.08. The minimum absolute atomic E-state index is 0.0209. The van der Waals surface area contributed by atoms with Crippen LogP contribution in [0, 0.1) is 0 Å². The summed E-state index contributed by atoms with van der Waals surface area (Å²) in [5, 5.41) is 2.80. The third-order valence-corrected chi connectivity index (χ3v) is 4.12. The van der Waals surface area contributed by atoms with Gasteiger partial charge in [0.25, 0.3) is 5.56 Å². The predicted octanol–water partition coefficient (Wildman–Crippen LogP) is 2.05. The van der Waals surface area contributed by atoms with Crippen LogP contribution < -0.4 is 10.9 Å². The van der Waals surface area contributed by atoms with Gasteiger partial charge >= 0.3 is 0 Å². The zero-order valence-corrected chi connectivity index (χ0v) is 14.0. The van der Waals surface area contributed by atoms with E-state index in [2.05, 4.69) is 27.9 Å². The number of rotatable bonds is 7. The van der Waals surface area contributed by atoms with Crippen LogP contribution in [-0.4, -0.2) is 21.6 Å². The summed E-state index contributed by atoms with van der Waals surface area (Å²) in [6.45, 7) is 2.46. The molecule has 0 saturated heterocycles. The van der Waals surface area contributed by atoms with E-state index >= 15 is 0 Å². The number of H-pyrrole nitrogens is 1. The van der Waals surface area contributed by atoms with Gasteiger partial charge in [0.1, 0.15) is 5.82 Å². The highest BCUT2D eigenvalue weighted by molar-refractivity contribution is 7.80. The number of nitrogens with zero attached hydrogens (tertiary/aromatic N) is 1. The van der Waals surface area contributed by atoms with Crippen LogP contribution in [0.4, 0.5) is 0 Å². The molecule has 6 heteroatoms. The van der Waals surface area contributed by atoms with Gasteiger partial charge in [-0.15, -0.1) is 0 Å². The summed E-state index contributed by atoms with van der Waals surface area (Å²) < 4.78 is 0. The van der Waals surface area contributed by atoms with Crippen LogP contribution >= 0.6 is 12.6 Å². The third kappa shape index (κ3) is 4.96. The number of hydrogen-bond acceptors (Lipinski definition) is 4. The fourth-order valence-corrected chi connectivity index (χ4v) is 2.64. The average Bonchev–Trinajstić information content (AvgIpc) is 2.57. The molecule has 0 spiro atoms. The second-order valence-electron chi connectivity index (χ2n) is 5.35. The van der Waals surface area contributed by atoms with E-state index in [4.69, 9.17) is 0 Å². The Bertz CT molecular complexity index is 696. The first-order valence-electron chi connectivity index (χ1n) is 7.63. The maximum atomic E-state index is 12.1. The van der Waals surface area contributed by atoms with E-state index in [9.17, 15) is 9.59 Å². The van der Waals surface area contributed by atoms with Crippen LogP contribution in [0.1, 0.15) is 36.2 Å². The van der Waals surface area contributed by atoms with Crippen molar-refractivity contribution < 1.29 is 4.79 Å². The van der Waals surface area contributed by atoms with Gasteiger partial charge in [-0.2, -0.15) is 12.6 Å². The Morgan fingerprint density at radius 1 is 1.35 bits per heavy atom. The van der Waals surface area contributed by atoms with Gasteiger partial charge in [-0.05, 0) is 12.0 Å². The molecule has 2 aromatic rings. The molecule has 0 aliphatic rings. The normalized spacial score (nSPS) is 11.9. The van der Waals surface area contributed by atoms with Crippen molar-refractivity contribution in [1.82, 2.24) is 15.3 Å². The molecule has 1 unspecified atom stereocenters. The van der Waals surface area contributed by atoms with E-state index in [1.807, 2.05) is 37.3 Å². The zero-order valence-electron chi connectivity index (χ0n) is 13.1. The van der Waals surface area contributed by atoms with Crippen molar-refractivity contribution in [3.63, 3.8) is 0 Å². The number of carbonyl (C=O) groups is 1. The molecule has 122 valence electrons. The smallest absolute Gasteiger partial charge is 0.254 e. The van der Waals surface area contributed by atoms with Crippen LogP contribution in [-0.2, 0) is 17.8 Å². The highest BCUT2D eigenvalue weighted by Gasteiger charge is 2.13. The summed E-state index contributed by atoms with van der Waals surface area (Å²) in [6, 6.07) is 9.63. The number of benzene rings is 1. The number of nitrogens with one attached hydrogen (secondary N) is 2. The molecular weight excluding hydrogens is 310 g/mol. The zero-order chi connectivity index (χ0) is 16.7. The number of aromatic amines is 1. The maximum Gasteiger partial charge on any atom is 0.254 e. The first kappa shape index (κ1) is 17.3. The standard InChI is InChI=1S/C17H21N3O2S/c1-2-13(11-23)16-19-10-14(17(22)20-16)8-15(21)18-9-12-6-4-3-5-7-12/h3-7,10,13,23H,2,8-9,11H2,1H3,(H,18,21)(H,19,20,22). The molecule has 1 aromatic carbocycles. The first-order valence-corrected chi connectivity index (χ1v) is 8.26. The number of carbonyl (C=O) groups excluding carboxylic acids is 1. The molecule has 23 heavy (non-hydrogen) atoms. The largest absolute Gasteiger partial charge is 0.352 e. The Morgan fingerprint density at radius 2 is 2.09 bits per heavy atom. The van der Waals surface area contributed by atoms with E-state index in [1.165, 1.54) is 6.20 Å². The molecule has 1 atom stereocenters. The van der Waals surface area contributed by atoms with Crippen LogP contribution in [0.25, 0.3) is 0 Å². The summed E-state index contributed by atoms with van der Waals surface area (Å²) >= 11 is 4.26. The number of amides is 1. The van der Waals surface area contributed by atoms with Crippen molar-refractivity contribution in [3.8, 4) is 0 Å². The van der Waals surface area contributed by atoms with Gasteiger partial charge in [0, 0.05) is 30.0 Å². The molecule has 2 rings (SSSR count). The summed E-state index contributed by atoms with van der Waals surface area (Å²) in [7, 11) is 0. The van der Waals surface area contributed by atoms with Crippen molar-refractivity contribution in [2.75, 3.05) is 5.75 Å². The number of aromatic nitrogens is 2. The fourth-order valence-electron chi connectivity index (χ4n) is 2.21. The fraction of sp³-hybridized carbons (Fsp3) is 0.353. The van der Waals surface area contributed by atoms with E-state index in [0.717, 1.165) is 12.0 Å². The first-order chi connectivity index (χ1) is 11.1. The van der Waals surface area contributed by atoms with Gasteiger partial charge in [0.2, 0.25) is 5.91 Å². The lowest BCUT2D eigenvalue weighted by Gasteiger charge is -2.11. The van der Waals surface area contributed by atoms with Gasteiger partial charge in [-0.3, -0.25) is 9.59 Å². The van der Waals surface area contributed by atoms with Gasteiger partial charge in [0.05, 0.1) is 6.42 Å². The molecule has 2 N–H and O–H groups in total. The molecule has 0 saturated carbocycles. The summed E-state index contributed by atoms with van der Waals surface area (Å²) in [5.41, 5.74) is 1.13. The molecule has 0 aliphatic carbocycles. The lowest BCUT2D eigenvalue weighted by atomic mass is 10.1. The van der Waals surface area contributed by atoms with Gasteiger partial charge < -0.3 is 10.3 Å². The van der Waals surface area contributed by atoms with Crippen LogP contribution in [0.5, 0.6) is 0 Å². The average molecular weight is 331 g/mol. The summed E-state index contributed by atoms with van der Waals surface area (Å²) in [4.78, 5) is 31.1. The molecule has 5 nitrogen and oxygen atoms in total. The highest BCUT2D eigenvalue weighted by atomic mass is 32.1. The molecule has 0 bridgehead atoms. The molecular formula is C17H21N3O2S. The monoisotopic (exact) mass is 331 g/mol. The second kappa shape index (κ2) is 8.53. The third-order valence-electron chi connectivity index (χ3n) is 3.68. The summed E-state index contributed by atoms with van der Waals surface area (Å²) in [5.74, 6) is 1.17. The summed E-state index contributed by atoms with van der Waals surface area (Å²) in [6.07, 6.45) is 2.36. The lowest BCUT2D eigenvalue weighted by molar-refractivity contribution is -0.120. The SMILES string of the molecule is CCC(CS)c1ncc(CC(=O)NCc2ccccc2)c(=O)[nH]1. The van der Waals surface area contributed by atoms with Gasteiger partial charge in [0.15, 0.2) is 0 Å². The Kier molecular flexibility index (Phi) is 6.40. The number of thiol groups is 1. The Morgan fingerprint density at radius 3 is 2.70 bits per heavy atom. The van der Waals surface area contributed by atoms with Crippen molar-refractivity contribution in [3.05, 3.63) is 63.8 Å². The quantitative estimate of drug-likeness (QED) is 0.680. The maximum absolute atomic E-state index is 12.1. The van der Waals surface area contributed by atoms with E-state index in [-0.39, 0.29) is 23.8 Å². The van der Waals surface area contributed by atoms with E-state index in [1.54, 1.807) is 0 Å². The minimum atomic E-state index is -0.259. The predicted molar refractivity (Wildman–Crippen MR) is 93.7 cm³/mol. The van der Waals surface area contributed by atoms with Gasteiger partial charge in [-0.25, -0.2) is 4.98 Å². The molecule has 0 fully saturated rings. The number of hydrogen-bond donors (Lipinski definition) is 3. The van der Waals surface area contributed by atoms with Crippen molar-refractivity contribution in [1.29, 1.82) is 0 Å². The highest BCUT2D eigenvalue weighted by Crippen LogP contribution is 2.15. The lowest BCUT2D eigenvalue weighted by Crippen LogP contribution is -2.28. The van der Waals surface area contributed by atoms with Crippen molar-refractivity contribution in [2.24, 2.45) is 0 Å². The topological polar surface area (TPSA) is 74.8 Å². The van der Waals surface area contributed by atoms with Crippen LogP contribution in [0.2, 0.25) is 0 Å². The molecule has 1 heterocycles. The van der Waals surface area contributed by atoms with Crippen LogP contribution in [0.15, 0.2) is 41.3 Å². The molecule has 1 aromatic heterocycles. The molecule has 1 amide bonds. The van der Waals surface area contributed by atoms with Crippen molar-refractivity contribution >= 4 is 18.5 Å². The van der Waals surface area contributed by atoms with Gasteiger partial charge in [-0.1, -0.05) is 37.3 Å². The molecule has 0 aliphatic heterocycles. The Balaban J connectivity index is 1.97. The second-order valence-corrected chi connectivity index (χ2v) is 5.71. The Labute approximate surface area is 141 Å². The van der Waals surface area contributed by atoms with Crippen LogP contribution in [0.3, 0.4) is 0 Å².